The molecule has 1 N–H and O–H groups in total. The van der Waals surface area contributed by atoms with Gasteiger partial charge in [-0.15, -0.1) is 0 Å². The van der Waals surface area contributed by atoms with Crippen LogP contribution in [0.3, 0.4) is 0 Å². The van der Waals surface area contributed by atoms with Gasteiger partial charge in [-0.25, -0.2) is 4.39 Å². The lowest BCUT2D eigenvalue weighted by Crippen LogP contribution is -2.02. The van der Waals surface area contributed by atoms with Crippen molar-refractivity contribution in [2.24, 2.45) is 0 Å². The van der Waals surface area contributed by atoms with E-state index in [0.717, 1.165) is 16.7 Å². The zero-order valence-corrected chi connectivity index (χ0v) is 11.2. The first-order valence-electron chi connectivity index (χ1n) is 6.11. The summed E-state index contributed by atoms with van der Waals surface area (Å²) < 4.78 is 13.7. The van der Waals surface area contributed by atoms with Crippen LogP contribution in [0.25, 0.3) is 11.0 Å². The van der Waals surface area contributed by atoms with Crippen LogP contribution in [0.1, 0.15) is 5.56 Å². The van der Waals surface area contributed by atoms with Gasteiger partial charge in [-0.05, 0) is 30.3 Å². The van der Waals surface area contributed by atoms with E-state index in [1.165, 1.54) is 6.07 Å². The minimum Gasteiger partial charge on any atom is -0.381 e. The second kappa shape index (κ2) is 5.43. The lowest BCUT2D eigenvalue weighted by Gasteiger charge is -2.09. The number of fused-ring (bicyclic) bond motifs is 1. The number of anilines is 1. The summed E-state index contributed by atoms with van der Waals surface area (Å²) in [5, 5.41) is 3.56. The number of rotatable bonds is 3. The summed E-state index contributed by atoms with van der Waals surface area (Å²) in [6, 6.07) is 10.3. The average molecular weight is 288 g/mol. The molecule has 0 atom stereocenters. The number of nitrogens with one attached hydrogen (secondary N) is 1. The molecule has 0 unspecified atom stereocenters. The van der Waals surface area contributed by atoms with Crippen molar-refractivity contribution in [3.63, 3.8) is 0 Å². The van der Waals surface area contributed by atoms with Gasteiger partial charge < -0.3 is 5.32 Å². The van der Waals surface area contributed by atoms with Gasteiger partial charge in [0.05, 0.1) is 11.0 Å². The molecule has 0 amide bonds. The fourth-order valence-corrected chi connectivity index (χ4v) is 2.19. The number of benzene rings is 2. The van der Waals surface area contributed by atoms with Gasteiger partial charge in [0.2, 0.25) is 0 Å². The third kappa shape index (κ3) is 2.56. The molecule has 2 aromatic carbocycles. The molecule has 3 aromatic rings. The standard InChI is InChI=1S/C15H11ClFN3/c16-12-2-1-3-13(17)11(12)9-20-10-4-5-14-15(8-10)19-7-6-18-14/h1-8,20H,9H2. The molecule has 0 saturated heterocycles. The van der Waals surface area contributed by atoms with Gasteiger partial charge >= 0.3 is 0 Å². The zero-order valence-electron chi connectivity index (χ0n) is 10.5. The van der Waals surface area contributed by atoms with E-state index in [-0.39, 0.29) is 5.82 Å². The van der Waals surface area contributed by atoms with Crippen molar-refractivity contribution >= 4 is 28.3 Å². The molecule has 0 radical (unpaired) electrons. The molecule has 0 aliphatic rings. The predicted octanol–water partition coefficient (Wildman–Crippen LogP) is 4.03. The predicted molar refractivity (Wildman–Crippen MR) is 78.3 cm³/mol. The minimum absolute atomic E-state index is 0.314. The zero-order chi connectivity index (χ0) is 13.9. The molecule has 0 fully saturated rings. The molecule has 20 heavy (non-hydrogen) atoms. The maximum atomic E-state index is 13.7. The van der Waals surface area contributed by atoms with Crippen molar-refractivity contribution in [1.82, 2.24) is 9.97 Å². The maximum Gasteiger partial charge on any atom is 0.129 e. The van der Waals surface area contributed by atoms with Gasteiger partial charge in [-0.2, -0.15) is 0 Å². The van der Waals surface area contributed by atoms with Crippen LogP contribution in [-0.2, 0) is 6.54 Å². The number of nitrogens with zero attached hydrogens (tertiary/aromatic N) is 2. The van der Waals surface area contributed by atoms with Gasteiger partial charge in [0.1, 0.15) is 5.82 Å². The summed E-state index contributed by atoms with van der Waals surface area (Å²) in [5.74, 6) is -0.314. The van der Waals surface area contributed by atoms with E-state index < -0.39 is 0 Å². The molecule has 0 aliphatic carbocycles. The fourth-order valence-electron chi connectivity index (χ4n) is 1.96. The Balaban J connectivity index is 1.83. The van der Waals surface area contributed by atoms with E-state index in [1.54, 1.807) is 24.5 Å². The topological polar surface area (TPSA) is 37.8 Å². The van der Waals surface area contributed by atoms with Crippen LogP contribution < -0.4 is 5.32 Å². The quantitative estimate of drug-likeness (QED) is 0.790. The summed E-state index contributed by atoms with van der Waals surface area (Å²) >= 11 is 5.99. The summed E-state index contributed by atoms with van der Waals surface area (Å²) in [7, 11) is 0. The van der Waals surface area contributed by atoms with Crippen molar-refractivity contribution < 1.29 is 4.39 Å². The SMILES string of the molecule is Fc1cccc(Cl)c1CNc1ccc2nccnc2c1. The van der Waals surface area contributed by atoms with Crippen molar-refractivity contribution in [2.75, 3.05) is 5.32 Å². The molecule has 0 aliphatic heterocycles. The van der Waals surface area contributed by atoms with E-state index in [0.29, 0.717) is 17.1 Å². The molecule has 5 heteroatoms. The van der Waals surface area contributed by atoms with E-state index in [2.05, 4.69) is 15.3 Å². The lowest BCUT2D eigenvalue weighted by atomic mass is 10.2. The molecule has 0 saturated carbocycles. The van der Waals surface area contributed by atoms with E-state index in [4.69, 9.17) is 11.6 Å². The van der Waals surface area contributed by atoms with E-state index >= 15 is 0 Å². The van der Waals surface area contributed by atoms with Crippen LogP contribution in [0.4, 0.5) is 10.1 Å². The molecular weight excluding hydrogens is 277 g/mol. The molecule has 1 aromatic heterocycles. The molecule has 0 bridgehead atoms. The molecule has 100 valence electrons. The summed E-state index contributed by atoms with van der Waals surface area (Å²) in [5.41, 5.74) is 2.91. The van der Waals surface area contributed by atoms with Crippen molar-refractivity contribution in [3.8, 4) is 0 Å². The highest BCUT2D eigenvalue weighted by Crippen LogP contribution is 2.21. The maximum absolute atomic E-state index is 13.7. The van der Waals surface area contributed by atoms with E-state index in [1.807, 2.05) is 18.2 Å². The molecule has 3 rings (SSSR count). The van der Waals surface area contributed by atoms with Gasteiger partial charge in [0.15, 0.2) is 0 Å². The lowest BCUT2D eigenvalue weighted by molar-refractivity contribution is 0.613. The van der Waals surface area contributed by atoms with Gasteiger partial charge in [-0.1, -0.05) is 17.7 Å². The second-order valence-corrected chi connectivity index (χ2v) is 4.72. The van der Waals surface area contributed by atoms with Crippen LogP contribution in [0.5, 0.6) is 0 Å². The smallest absolute Gasteiger partial charge is 0.129 e. The number of hydrogen-bond acceptors (Lipinski definition) is 3. The highest BCUT2D eigenvalue weighted by molar-refractivity contribution is 6.31. The third-order valence-electron chi connectivity index (χ3n) is 3.00. The Labute approximate surface area is 120 Å². The largest absolute Gasteiger partial charge is 0.381 e. The summed E-state index contributed by atoms with van der Waals surface area (Å²) in [6.45, 7) is 0.317. The summed E-state index contributed by atoms with van der Waals surface area (Å²) in [4.78, 5) is 8.43. The van der Waals surface area contributed by atoms with E-state index in [9.17, 15) is 4.39 Å². The highest BCUT2D eigenvalue weighted by Gasteiger charge is 2.06. The number of hydrogen-bond donors (Lipinski definition) is 1. The first kappa shape index (κ1) is 12.8. The van der Waals surface area contributed by atoms with Crippen LogP contribution >= 0.6 is 11.6 Å². The van der Waals surface area contributed by atoms with Gasteiger partial charge in [0, 0.05) is 35.2 Å². The monoisotopic (exact) mass is 287 g/mol. The Morgan fingerprint density at radius 2 is 1.85 bits per heavy atom. The van der Waals surface area contributed by atoms with Crippen molar-refractivity contribution in [3.05, 3.63) is 65.2 Å². The second-order valence-electron chi connectivity index (χ2n) is 4.31. The van der Waals surface area contributed by atoms with Gasteiger partial charge in [-0.3, -0.25) is 9.97 Å². The Hall–Kier alpha value is -2.20. The first-order chi connectivity index (χ1) is 9.74. The normalized spacial score (nSPS) is 10.7. The molecular formula is C15H11ClFN3. The first-order valence-corrected chi connectivity index (χ1v) is 6.49. The average Bonchev–Trinajstić information content (AvgIpc) is 2.46. The van der Waals surface area contributed by atoms with Crippen LogP contribution in [0.2, 0.25) is 5.02 Å². The minimum atomic E-state index is -0.314. The van der Waals surface area contributed by atoms with Crippen LogP contribution in [0, 0.1) is 5.82 Å². The Morgan fingerprint density at radius 1 is 1.05 bits per heavy atom. The highest BCUT2D eigenvalue weighted by atomic mass is 35.5. The van der Waals surface area contributed by atoms with Crippen molar-refractivity contribution in [1.29, 1.82) is 0 Å². The third-order valence-corrected chi connectivity index (χ3v) is 3.35. The Kier molecular flexibility index (Phi) is 3.48. The van der Waals surface area contributed by atoms with Crippen molar-refractivity contribution in [2.45, 2.75) is 6.54 Å². The molecule has 1 heterocycles. The number of aromatic nitrogens is 2. The van der Waals surface area contributed by atoms with Gasteiger partial charge in [0.25, 0.3) is 0 Å². The fraction of sp³-hybridized carbons (Fsp3) is 0.0667. The van der Waals surface area contributed by atoms with Crippen LogP contribution in [-0.4, -0.2) is 9.97 Å². The van der Waals surface area contributed by atoms with Crippen LogP contribution in [0.15, 0.2) is 48.8 Å². The summed E-state index contributed by atoms with van der Waals surface area (Å²) in [6.07, 6.45) is 3.29. The molecule has 0 spiro atoms. The Morgan fingerprint density at radius 3 is 2.65 bits per heavy atom. The Bertz CT molecular complexity index is 741. The molecule has 3 nitrogen and oxygen atoms in total. The number of halogens is 2.